The van der Waals surface area contributed by atoms with Crippen molar-refractivity contribution in [2.75, 3.05) is 40.3 Å². The molecule has 1 heterocycles. The Bertz CT molecular complexity index is 709. The summed E-state index contributed by atoms with van der Waals surface area (Å²) in [6.07, 6.45) is -0.680. The number of carbonyl (C=O) groups excluding carboxylic acids is 2. The minimum atomic E-state index is -4.32. The van der Waals surface area contributed by atoms with Gasteiger partial charge in [-0.05, 0) is 49.8 Å². The fourth-order valence-corrected chi connectivity index (χ4v) is 3.86. The van der Waals surface area contributed by atoms with E-state index in [1.165, 1.54) is 19.2 Å². The molecule has 1 aliphatic rings. The smallest absolute Gasteiger partial charge is 0.416 e. The van der Waals surface area contributed by atoms with E-state index < -0.39 is 11.7 Å². The van der Waals surface area contributed by atoms with Gasteiger partial charge in [0, 0.05) is 39.5 Å². The Labute approximate surface area is 176 Å². The Hall–Kier alpha value is -2.09. The lowest BCUT2D eigenvalue weighted by molar-refractivity contribution is -0.141. The van der Waals surface area contributed by atoms with Gasteiger partial charge in [-0.3, -0.25) is 9.59 Å². The molecule has 0 aromatic heterocycles. The van der Waals surface area contributed by atoms with Gasteiger partial charge in [-0.15, -0.1) is 0 Å². The van der Waals surface area contributed by atoms with Crippen LogP contribution in [-0.4, -0.2) is 62.0 Å². The summed E-state index contributed by atoms with van der Waals surface area (Å²) in [6.45, 7) is 3.11. The molecule has 30 heavy (non-hydrogen) atoms. The normalized spacial score (nSPS) is 17.6. The Morgan fingerprint density at radius 1 is 1.27 bits per heavy atom. The highest BCUT2D eigenvalue weighted by molar-refractivity contribution is 5.77. The summed E-state index contributed by atoms with van der Waals surface area (Å²) in [7, 11) is 3.11. The van der Waals surface area contributed by atoms with Gasteiger partial charge in [-0.2, -0.15) is 13.2 Å². The van der Waals surface area contributed by atoms with Crippen molar-refractivity contribution in [2.45, 2.75) is 44.7 Å². The van der Waals surface area contributed by atoms with E-state index in [1.54, 1.807) is 18.0 Å². The standard InChI is InChI=1S/C22H31F3N2O3/c1-26(20(28)9-4-10-21(29)30-2)15-18-7-5-12-27(16-18)13-11-17-6-3-8-19(14-17)22(23,24)25/h3,6,8,14,18H,4-5,7,9-13,15-16H2,1-2H3/t18-/m0/s1. The number of ether oxygens (including phenoxy) is 1. The van der Waals surface area contributed by atoms with Crippen LogP contribution in [0.2, 0.25) is 0 Å². The second-order valence-corrected chi connectivity index (χ2v) is 7.96. The highest BCUT2D eigenvalue weighted by atomic mass is 19.4. The van der Waals surface area contributed by atoms with Crippen molar-refractivity contribution in [1.29, 1.82) is 0 Å². The second-order valence-electron chi connectivity index (χ2n) is 7.96. The molecule has 1 atom stereocenters. The maximum Gasteiger partial charge on any atom is 0.416 e. The van der Waals surface area contributed by atoms with E-state index in [1.807, 2.05) is 0 Å². The van der Waals surface area contributed by atoms with E-state index in [-0.39, 0.29) is 18.3 Å². The maximum absolute atomic E-state index is 12.9. The van der Waals surface area contributed by atoms with Crippen LogP contribution in [0, 0.1) is 5.92 Å². The predicted molar refractivity (Wildman–Crippen MR) is 108 cm³/mol. The lowest BCUT2D eigenvalue weighted by Gasteiger charge is -2.34. The van der Waals surface area contributed by atoms with Gasteiger partial charge >= 0.3 is 12.1 Å². The summed E-state index contributed by atoms with van der Waals surface area (Å²) in [6, 6.07) is 5.51. The molecule has 168 valence electrons. The van der Waals surface area contributed by atoms with Gasteiger partial charge in [0.25, 0.3) is 0 Å². The first kappa shape index (κ1) is 24.2. The van der Waals surface area contributed by atoms with Crippen LogP contribution < -0.4 is 0 Å². The van der Waals surface area contributed by atoms with Crippen molar-refractivity contribution in [3.63, 3.8) is 0 Å². The van der Waals surface area contributed by atoms with Gasteiger partial charge in [0.1, 0.15) is 0 Å². The summed E-state index contributed by atoms with van der Waals surface area (Å²) in [5, 5.41) is 0. The first-order chi connectivity index (χ1) is 14.2. The van der Waals surface area contributed by atoms with Crippen molar-refractivity contribution in [3.05, 3.63) is 35.4 Å². The van der Waals surface area contributed by atoms with E-state index in [2.05, 4.69) is 9.64 Å². The van der Waals surface area contributed by atoms with Gasteiger partial charge in [0.2, 0.25) is 5.91 Å². The van der Waals surface area contributed by atoms with E-state index in [0.717, 1.165) is 32.0 Å². The fraction of sp³-hybridized carbons (Fsp3) is 0.636. The fourth-order valence-electron chi connectivity index (χ4n) is 3.86. The average molecular weight is 428 g/mol. The molecule has 0 bridgehead atoms. The second kappa shape index (κ2) is 11.3. The number of benzene rings is 1. The van der Waals surface area contributed by atoms with Crippen molar-refractivity contribution >= 4 is 11.9 Å². The van der Waals surface area contributed by atoms with Gasteiger partial charge in [-0.25, -0.2) is 0 Å². The molecule has 1 aromatic carbocycles. The molecule has 0 unspecified atom stereocenters. The number of hydrogen-bond acceptors (Lipinski definition) is 4. The zero-order valence-electron chi connectivity index (χ0n) is 17.7. The summed E-state index contributed by atoms with van der Waals surface area (Å²) in [5.74, 6) is 0.0453. The maximum atomic E-state index is 12.9. The number of carbonyl (C=O) groups is 2. The number of amides is 1. The number of rotatable bonds is 9. The van der Waals surface area contributed by atoms with Crippen LogP contribution in [0.1, 0.15) is 43.2 Å². The molecule has 1 aliphatic heterocycles. The third kappa shape index (κ3) is 7.97. The molecule has 1 fully saturated rings. The third-order valence-corrected chi connectivity index (χ3v) is 5.53. The number of nitrogens with zero attached hydrogens (tertiary/aromatic N) is 2. The monoisotopic (exact) mass is 428 g/mol. The van der Waals surface area contributed by atoms with Crippen molar-refractivity contribution < 1.29 is 27.5 Å². The van der Waals surface area contributed by atoms with Crippen LogP contribution in [0.5, 0.6) is 0 Å². The van der Waals surface area contributed by atoms with Crippen LogP contribution in [0.25, 0.3) is 0 Å². The van der Waals surface area contributed by atoms with Gasteiger partial charge in [0.15, 0.2) is 0 Å². The van der Waals surface area contributed by atoms with Crippen LogP contribution in [0.4, 0.5) is 13.2 Å². The van der Waals surface area contributed by atoms with E-state index in [4.69, 9.17) is 0 Å². The Balaban J connectivity index is 1.77. The molecule has 1 saturated heterocycles. The molecule has 0 radical (unpaired) electrons. The lowest BCUT2D eigenvalue weighted by atomic mass is 9.96. The summed E-state index contributed by atoms with van der Waals surface area (Å²) in [5.41, 5.74) is 0.0775. The third-order valence-electron chi connectivity index (χ3n) is 5.53. The molecule has 0 aliphatic carbocycles. The average Bonchev–Trinajstić information content (AvgIpc) is 2.71. The van der Waals surface area contributed by atoms with Gasteiger partial charge in [-0.1, -0.05) is 18.2 Å². The van der Waals surface area contributed by atoms with E-state index in [9.17, 15) is 22.8 Å². The SMILES string of the molecule is COC(=O)CCCC(=O)N(C)C[C@@H]1CCCN(CCc2cccc(C(F)(F)F)c2)C1. The molecule has 1 aromatic rings. The summed E-state index contributed by atoms with van der Waals surface area (Å²) in [4.78, 5) is 27.4. The molecule has 0 spiro atoms. The number of hydrogen-bond donors (Lipinski definition) is 0. The molecular weight excluding hydrogens is 397 g/mol. The van der Waals surface area contributed by atoms with Crippen molar-refractivity contribution in [1.82, 2.24) is 9.80 Å². The summed E-state index contributed by atoms with van der Waals surface area (Å²) >= 11 is 0. The number of piperidine rings is 1. The van der Waals surface area contributed by atoms with Gasteiger partial charge < -0.3 is 14.5 Å². The van der Waals surface area contributed by atoms with Crippen LogP contribution in [0.15, 0.2) is 24.3 Å². The summed E-state index contributed by atoms with van der Waals surface area (Å²) < 4.78 is 43.2. The number of halogens is 3. The van der Waals surface area contributed by atoms with Crippen molar-refractivity contribution in [2.24, 2.45) is 5.92 Å². The first-order valence-electron chi connectivity index (χ1n) is 10.4. The number of methoxy groups -OCH3 is 1. The van der Waals surface area contributed by atoms with Crippen LogP contribution in [0.3, 0.4) is 0 Å². The topological polar surface area (TPSA) is 49.9 Å². The molecule has 8 heteroatoms. The molecule has 0 saturated carbocycles. The molecule has 2 rings (SSSR count). The molecule has 5 nitrogen and oxygen atoms in total. The molecule has 0 N–H and O–H groups in total. The van der Waals surface area contributed by atoms with Crippen LogP contribution in [-0.2, 0) is 26.9 Å². The number of esters is 1. The van der Waals surface area contributed by atoms with E-state index in [0.29, 0.717) is 43.8 Å². The zero-order valence-corrected chi connectivity index (χ0v) is 17.7. The van der Waals surface area contributed by atoms with E-state index >= 15 is 0 Å². The predicted octanol–water partition coefficient (Wildman–Crippen LogP) is 3.76. The number of likely N-dealkylation sites (tertiary alicyclic amines) is 1. The zero-order chi connectivity index (χ0) is 22.1. The van der Waals surface area contributed by atoms with Crippen molar-refractivity contribution in [3.8, 4) is 0 Å². The Kier molecular flexibility index (Phi) is 9.14. The minimum absolute atomic E-state index is 0.0139. The number of alkyl halides is 3. The highest BCUT2D eigenvalue weighted by Crippen LogP contribution is 2.29. The quantitative estimate of drug-likeness (QED) is 0.562. The highest BCUT2D eigenvalue weighted by Gasteiger charge is 2.30. The van der Waals surface area contributed by atoms with Crippen LogP contribution >= 0.6 is 0 Å². The Morgan fingerprint density at radius 3 is 2.73 bits per heavy atom. The molecular formula is C22H31F3N2O3. The van der Waals surface area contributed by atoms with Gasteiger partial charge in [0.05, 0.1) is 12.7 Å². The minimum Gasteiger partial charge on any atom is -0.469 e. The lowest BCUT2D eigenvalue weighted by Crippen LogP contribution is -2.42. The molecule has 1 amide bonds. The first-order valence-corrected chi connectivity index (χ1v) is 10.4. The largest absolute Gasteiger partial charge is 0.469 e. The Morgan fingerprint density at radius 2 is 2.03 bits per heavy atom.